The maximum Gasteiger partial charge on any atom is 0.350 e. The second kappa shape index (κ2) is 9.02. The smallest absolute Gasteiger partial charge is 0.333 e. The molecule has 35 heavy (non-hydrogen) atoms. The van der Waals surface area contributed by atoms with Crippen LogP contribution in [0.5, 0.6) is 0 Å². The van der Waals surface area contributed by atoms with Crippen LogP contribution in [0.1, 0.15) is 23.6 Å². The number of carbonyl (C=O) groups is 1. The number of hydrogen-bond donors (Lipinski definition) is 1. The van der Waals surface area contributed by atoms with Crippen LogP contribution in [0.2, 0.25) is 0 Å². The molecule has 3 aromatic heterocycles. The zero-order chi connectivity index (χ0) is 24.5. The van der Waals surface area contributed by atoms with Gasteiger partial charge in [-0.2, -0.15) is 4.98 Å². The summed E-state index contributed by atoms with van der Waals surface area (Å²) in [4.78, 5) is 30.3. The SMILES string of the molecule is CCc1cccc(C)c1NC(=O)Cn1nc2c(-c3nc(-c4ccc(C)cc4)no3)cccn2c1=O. The first-order valence-electron chi connectivity index (χ1n) is 11.3. The highest BCUT2D eigenvalue weighted by atomic mass is 16.5. The van der Waals surface area contributed by atoms with Gasteiger partial charge in [0.25, 0.3) is 5.89 Å². The first-order valence-corrected chi connectivity index (χ1v) is 11.3. The summed E-state index contributed by atoms with van der Waals surface area (Å²) in [6.45, 7) is 5.74. The number of pyridine rings is 1. The van der Waals surface area contributed by atoms with Gasteiger partial charge in [-0.25, -0.2) is 13.9 Å². The Kier molecular flexibility index (Phi) is 5.74. The van der Waals surface area contributed by atoms with Gasteiger partial charge >= 0.3 is 5.69 Å². The molecule has 2 aromatic carbocycles. The minimum Gasteiger partial charge on any atom is -0.333 e. The molecule has 176 valence electrons. The average Bonchev–Trinajstić information content (AvgIpc) is 3.46. The Morgan fingerprint density at radius 1 is 1.06 bits per heavy atom. The Morgan fingerprint density at radius 3 is 2.63 bits per heavy atom. The Hall–Kier alpha value is -4.53. The third-order valence-electron chi connectivity index (χ3n) is 5.87. The van der Waals surface area contributed by atoms with Gasteiger partial charge in [0.2, 0.25) is 11.7 Å². The van der Waals surface area contributed by atoms with Crippen molar-refractivity contribution in [2.75, 3.05) is 5.32 Å². The third kappa shape index (κ3) is 4.23. The quantitative estimate of drug-likeness (QED) is 0.403. The van der Waals surface area contributed by atoms with Gasteiger partial charge in [0.15, 0.2) is 5.65 Å². The molecule has 0 fully saturated rings. The Morgan fingerprint density at radius 2 is 1.86 bits per heavy atom. The molecular formula is C26H24N6O3. The molecule has 0 unspecified atom stereocenters. The second-order valence-corrected chi connectivity index (χ2v) is 8.36. The Labute approximate surface area is 201 Å². The van der Waals surface area contributed by atoms with Gasteiger partial charge in [-0.05, 0) is 43.5 Å². The van der Waals surface area contributed by atoms with Gasteiger partial charge in [0.1, 0.15) is 6.54 Å². The van der Waals surface area contributed by atoms with E-state index < -0.39 is 5.69 Å². The van der Waals surface area contributed by atoms with Gasteiger partial charge in [-0.1, -0.05) is 60.1 Å². The lowest BCUT2D eigenvalue weighted by atomic mass is 10.1. The fourth-order valence-electron chi connectivity index (χ4n) is 3.98. The highest BCUT2D eigenvalue weighted by molar-refractivity contribution is 5.92. The van der Waals surface area contributed by atoms with Gasteiger partial charge in [-0.3, -0.25) is 4.79 Å². The lowest BCUT2D eigenvalue weighted by molar-refractivity contribution is -0.117. The number of hydrogen-bond acceptors (Lipinski definition) is 6. The largest absolute Gasteiger partial charge is 0.350 e. The van der Waals surface area contributed by atoms with Crippen LogP contribution in [0.15, 0.2) is 70.1 Å². The lowest BCUT2D eigenvalue weighted by Gasteiger charge is -2.12. The lowest BCUT2D eigenvalue weighted by Crippen LogP contribution is -2.28. The first-order chi connectivity index (χ1) is 16.9. The topological polar surface area (TPSA) is 107 Å². The molecule has 1 amide bonds. The highest BCUT2D eigenvalue weighted by Crippen LogP contribution is 2.25. The van der Waals surface area contributed by atoms with E-state index in [0.29, 0.717) is 17.0 Å². The molecule has 9 heteroatoms. The number of benzene rings is 2. The van der Waals surface area contributed by atoms with Gasteiger partial charge in [0, 0.05) is 17.4 Å². The number of carbonyl (C=O) groups excluding carboxylic acids is 1. The molecule has 0 atom stereocenters. The molecule has 0 saturated carbocycles. The van der Waals surface area contributed by atoms with E-state index in [-0.39, 0.29) is 18.3 Å². The summed E-state index contributed by atoms with van der Waals surface area (Å²) in [5.41, 5.74) is 5.11. The summed E-state index contributed by atoms with van der Waals surface area (Å²) in [6, 6.07) is 17.1. The number of para-hydroxylation sites is 1. The Balaban J connectivity index is 1.45. The van der Waals surface area contributed by atoms with Crippen LogP contribution in [0, 0.1) is 13.8 Å². The molecule has 0 aliphatic rings. The van der Waals surface area contributed by atoms with E-state index >= 15 is 0 Å². The average molecular weight is 469 g/mol. The standard InChI is InChI=1S/C26H24N6O3/c1-4-18-8-5-7-17(3)22(18)27-21(33)15-32-26(34)31-14-6-9-20(24(31)29-32)25-28-23(30-35-25)19-12-10-16(2)11-13-19/h5-14H,4,15H2,1-3H3,(H,27,33). The van der Waals surface area contributed by atoms with E-state index in [1.54, 1.807) is 18.3 Å². The van der Waals surface area contributed by atoms with Crippen LogP contribution in [0.25, 0.3) is 28.5 Å². The normalized spacial score (nSPS) is 11.2. The summed E-state index contributed by atoms with van der Waals surface area (Å²) in [5, 5.41) is 11.4. The second-order valence-electron chi connectivity index (χ2n) is 8.36. The van der Waals surface area contributed by atoms with Gasteiger partial charge in [0.05, 0.1) is 5.56 Å². The molecule has 5 aromatic rings. The van der Waals surface area contributed by atoms with E-state index in [4.69, 9.17) is 4.52 Å². The third-order valence-corrected chi connectivity index (χ3v) is 5.87. The first kappa shape index (κ1) is 22.3. The van der Waals surface area contributed by atoms with Gasteiger partial charge < -0.3 is 9.84 Å². The van der Waals surface area contributed by atoms with E-state index in [9.17, 15) is 9.59 Å². The fraction of sp³-hybridized carbons (Fsp3) is 0.192. The van der Waals surface area contributed by atoms with Crippen LogP contribution in [0.4, 0.5) is 5.69 Å². The van der Waals surface area contributed by atoms with Gasteiger partial charge in [-0.15, -0.1) is 5.10 Å². The predicted molar refractivity (Wildman–Crippen MR) is 132 cm³/mol. The molecular weight excluding hydrogens is 444 g/mol. The zero-order valence-corrected chi connectivity index (χ0v) is 19.6. The molecule has 0 bridgehead atoms. The number of aromatic nitrogens is 5. The van der Waals surface area contributed by atoms with Crippen LogP contribution in [-0.4, -0.2) is 30.2 Å². The number of fused-ring (bicyclic) bond motifs is 1. The van der Waals surface area contributed by atoms with Crippen molar-refractivity contribution in [2.24, 2.45) is 0 Å². The van der Waals surface area contributed by atoms with Crippen molar-refractivity contribution in [1.82, 2.24) is 24.3 Å². The summed E-state index contributed by atoms with van der Waals surface area (Å²) in [7, 11) is 0. The number of anilines is 1. The molecule has 0 saturated heterocycles. The Bertz CT molecular complexity index is 1590. The van der Waals surface area contributed by atoms with E-state index in [1.807, 2.05) is 63.2 Å². The minimum atomic E-state index is -0.434. The molecule has 0 spiro atoms. The number of nitrogens with one attached hydrogen (secondary N) is 1. The van der Waals surface area contributed by atoms with Crippen LogP contribution < -0.4 is 11.0 Å². The number of nitrogens with zero attached hydrogens (tertiary/aromatic N) is 5. The number of aryl methyl sites for hydroxylation is 3. The monoisotopic (exact) mass is 468 g/mol. The molecule has 9 nitrogen and oxygen atoms in total. The maximum absolute atomic E-state index is 13.0. The molecule has 3 heterocycles. The zero-order valence-electron chi connectivity index (χ0n) is 19.6. The highest BCUT2D eigenvalue weighted by Gasteiger charge is 2.19. The fourth-order valence-corrected chi connectivity index (χ4v) is 3.98. The van der Waals surface area contributed by atoms with E-state index in [1.165, 1.54) is 4.40 Å². The molecule has 0 aliphatic heterocycles. The summed E-state index contributed by atoms with van der Waals surface area (Å²) in [5.74, 6) is 0.342. The van der Waals surface area contributed by atoms with Crippen molar-refractivity contribution < 1.29 is 9.32 Å². The van der Waals surface area contributed by atoms with Crippen molar-refractivity contribution in [3.63, 3.8) is 0 Å². The molecule has 0 aliphatic carbocycles. The van der Waals surface area contributed by atoms with Crippen LogP contribution in [0.3, 0.4) is 0 Å². The predicted octanol–water partition coefficient (Wildman–Crippen LogP) is 4.03. The molecule has 5 rings (SSSR count). The number of rotatable bonds is 6. The minimum absolute atomic E-state index is 0.226. The summed E-state index contributed by atoms with van der Waals surface area (Å²) < 4.78 is 7.99. The van der Waals surface area contributed by atoms with Crippen LogP contribution in [-0.2, 0) is 17.8 Å². The molecule has 0 radical (unpaired) electrons. The number of amides is 1. The molecule has 1 N–H and O–H groups in total. The van der Waals surface area contributed by atoms with Crippen molar-refractivity contribution in [3.05, 3.63) is 88.0 Å². The van der Waals surface area contributed by atoms with E-state index in [0.717, 1.165) is 39.0 Å². The van der Waals surface area contributed by atoms with Crippen molar-refractivity contribution in [2.45, 2.75) is 33.7 Å². The summed E-state index contributed by atoms with van der Waals surface area (Å²) >= 11 is 0. The van der Waals surface area contributed by atoms with Crippen molar-refractivity contribution >= 4 is 17.2 Å². The van der Waals surface area contributed by atoms with Crippen molar-refractivity contribution in [1.29, 1.82) is 0 Å². The van der Waals surface area contributed by atoms with Crippen molar-refractivity contribution in [3.8, 4) is 22.8 Å². The van der Waals surface area contributed by atoms with E-state index in [2.05, 4.69) is 20.6 Å². The summed E-state index contributed by atoms with van der Waals surface area (Å²) in [6.07, 6.45) is 2.38. The van der Waals surface area contributed by atoms with Crippen LogP contribution >= 0.6 is 0 Å². The maximum atomic E-state index is 13.0.